The molecule has 2 N–H and O–H groups in total. The average Bonchev–Trinajstić information content (AvgIpc) is 2.77. The molecule has 0 fully saturated rings. The Balaban J connectivity index is 2.34. The SMILES string of the molecule is CC(C)c1nc2cc(N)ccc2n1-c1cccc(Br)c1. The summed E-state index contributed by atoms with van der Waals surface area (Å²) in [6.07, 6.45) is 0. The maximum absolute atomic E-state index is 5.87. The highest BCUT2D eigenvalue weighted by molar-refractivity contribution is 9.10. The number of fused-ring (bicyclic) bond motifs is 1. The van der Waals surface area contributed by atoms with Gasteiger partial charge in [-0.2, -0.15) is 0 Å². The summed E-state index contributed by atoms with van der Waals surface area (Å²) < 4.78 is 3.26. The van der Waals surface area contributed by atoms with Gasteiger partial charge >= 0.3 is 0 Å². The van der Waals surface area contributed by atoms with E-state index >= 15 is 0 Å². The van der Waals surface area contributed by atoms with Gasteiger partial charge in [0.15, 0.2) is 0 Å². The third-order valence-electron chi connectivity index (χ3n) is 3.29. The van der Waals surface area contributed by atoms with Crippen molar-refractivity contribution in [1.29, 1.82) is 0 Å². The van der Waals surface area contributed by atoms with E-state index in [0.29, 0.717) is 5.92 Å². The van der Waals surface area contributed by atoms with Gasteiger partial charge in [0.05, 0.1) is 11.0 Å². The van der Waals surface area contributed by atoms with Crippen LogP contribution >= 0.6 is 15.9 Å². The summed E-state index contributed by atoms with van der Waals surface area (Å²) in [6, 6.07) is 14.1. The van der Waals surface area contributed by atoms with Crippen molar-refractivity contribution in [3.63, 3.8) is 0 Å². The zero-order valence-corrected chi connectivity index (χ0v) is 13.1. The zero-order chi connectivity index (χ0) is 14.3. The Bertz CT molecular complexity index is 774. The summed E-state index contributed by atoms with van der Waals surface area (Å²) in [7, 11) is 0. The molecule has 0 bridgehead atoms. The second kappa shape index (κ2) is 4.94. The number of nitrogens with two attached hydrogens (primary N) is 1. The Morgan fingerprint density at radius 1 is 1.15 bits per heavy atom. The topological polar surface area (TPSA) is 43.8 Å². The molecule has 102 valence electrons. The third kappa shape index (κ3) is 2.20. The Hall–Kier alpha value is -1.81. The lowest BCUT2D eigenvalue weighted by molar-refractivity contribution is 0.759. The molecule has 0 aliphatic carbocycles. The number of imidazole rings is 1. The fourth-order valence-electron chi connectivity index (χ4n) is 2.39. The zero-order valence-electron chi connectivity index (χ0n) is 11.5. The maximum Gasteiger partial charge on any atom is 0.117 e. The van der Waals surface area contributed by atoms with E-state index in [0.717, 1.165) is 32.7 Å². The minimum Gasteiger partial charge on any atom is -0.399 e. The van der Waals surface area contributed by atoms with Crippen molar-refractivity contribution in [2.45, 2.75) is 19.8 Å². The lowest BCUT2D eigenvalue weighted by atomic mass is 10.2. The van der Waals surface area contributed by atoms with Crippen molar-refractivity contribution < 1.29 is 0 Å². The molecule has 0 saturated heterocycles. The van der Waals surface area contributed by atoms with Gasteiger partial charge in [-0.15, -0.1) is 0 Å². The Kier molecular flexibility index (Phi) is 3.26. The minimum atomic E-state index is 0.336. The van der Waals surface area contributed by atoms with E-state index in [1.54, 1.807) is 0 Å². The third-order valence-corrected chi connectivity index (χ3v) is 3.78. The van der Waals surface area contributed by atoms with Crippen molar-refractivity contribution in [2.24, 2.45) is 0 Å². The van der Waals surface area contributed by atoms with Gasteiger partial charge in [-0.05, 0) is 36.4 Å². The number of hydrogen-bond acceptors (Lipinski definition) is 2. The molecule has 4 heteroatoms. The largest absolute Gasteiger partial charge is 0.399 e. The first kappa shape index (κ1) is 13.2. The number of nitrogens with zero attached hydrogens (tertiary/aromatic N) is 2. The lowest BCUT2D eigenvalue weighted by Gasteiger charge is -2.12. The van der Waals surface area contributed by atoms with Crippen molar-refractivity contribution in [2.75, 3.05) is 5.73 Å². The second-order valence-corrected chi connectivity index (χ2v) is 6.10. The standard InChI is InChI=1S/C16H16BrN3/c1-10(2)16-19-14-9-12(18)6-7-15(14)20(16)13-5-3-4-11(17)8-13/h3-10H,18H2,1-2H3. The highest BCUT2D eigenvalue weighted by atomic mass is 79.9. The monoisotopic (exact) mass is 329 g/mol. The number of halogens is 1. The molecule has 0 atom stereocenters. The van der Waals surface area contributed by atoms with Gasteiger partial charge in [0.2, 0.25) is 0 Å². The highest BCUT2D eigenvalue weighted by Crippen LogP contribution is 2.28. The van der Waals surface area contributed by atoms with Gasteiger partial charge in [0.25, 0.3) is 0 Å². The van der Waals surface area contributed by atoms with Gasteiger partial charge < -0.3 is 5.73 Å². The quantitative estimate of drug-likeness (QED) is 0.704. The number of hydrogen-bond donors (Lipinski definition) is 1. The van der Waals surface area contributed by atoms with Crippen molar-refractivity contribution in [3.05, 3.63) is 52.8 Å². The number of anilines is 1. The van der Waals surface area contributed by atoms with Crippen LogP contribution in [0.25, 0.3) is 16.7 Å². The van der Waals surface area contributed by atoms with Crippen molar-refractivity contribution in [1.82, 2.24) is 9.55 Å². The van der Waals surface area contributed by atoms with E-state index in [1.165, 1.54) is 0 Å². The molecule has 20 heavy (non-hydrogen) atoms. The van der Waals surface area contributed by atoms with E-state index in [9.17, 15) is 0 Å². The minimum absolute atomic E-state index is 0.336. The van der Waals surface area contributed by atoms with E-state index in [2.05, 4.69) is 46.5 Å². The van der Waals surface area contributed by atoms with Crippen LogP contribution in [-0.4, -0.2) is 9.55 Å². The summed E-state index contributed by atoms with van der Waals surface area (Å²) in [5.74, 6) is 1.38. The molecule has 2 aromatic carbocycles. The van der Waals surface area contributed by atoms with Gasteiger partial charge in [0, 0.05) is 21.8 Å². The van der Waals surface area contributed by atoms with Crippen molar-refractivity contribution >= 4 is 32.7 Å². The van der Waals surface area contributed by atoms with Crippen LogP contribution in [0.5, 0.6) is 0 Å². The molecule has 0 saturated carbocycles. The smallest absolute Gasteiger partial charge is 0.117 e. The fourth-order valence-corrected chi connectivity index (χ4v) is 2.78. The molecule has 0 amide bonds. The number of nitrogen functional groups attached to an aromatic ring is 1. The first-order valence-corrected chi connectivity index (χ1v) is 7.39. The lowest BCUT2D eigenvalue weighted by Crippen LogP contribution is -2.02. The van der Waals surface area contributed by atoms with Gasteiger partial charge in [-0.1, -0.05) is 35.8 Å². The molecule has 1 aromatic heterocycles. The van der Waals surface area contributed by atoms with Crippen molar-refractivity contribution in [3.8, 4) is 5.69 Å². The number of aromatic nitrogens is 2. The summed E-state index contributed by atoms with van der Waals surface area (Å²) in [5, 5.41) is 0. The molecule has 0 unspecified atom stereocenters. The average molecular weight is 330 g/mol. The van der Waals surface area contributed by atoms with E-state index in [-0.39, 0.29) is 0 Å². The predicted molar refractivity (Wildman–Crippen MR) is 87.3 cm³/mol. The van der Waals surface area contributed by atoms with Crippen LogP contribution in [-0.2, 0) is 0 Å². The molecule has 0 spiro atoms. The van der Waals surface area contributed by atoms with E-state index < -0.39 is 0 Å². The van der Waals surface area contributed by atoms with Crippen LogP contribution in [0.2, 0.25) is 0 Å². The normalized spacial score (nSPS) is 11.4. The van der Waals surface area contributed by atoms with Crippen LogP contribution in [0.15, 0.2) is 46.9 Å². The van der Waals surface area contributed by atoms with Gasteiger partial charge in [-0.25, -0.2) is 4.98 Å². The molecule has 0 aliphatic rings. The number of rotatable bonds is 2. The molecular weight excluding hydrogens is 314 g/mol. The maximum atomic E-state index is 5.87. The van der Waals surface area contributed by atoms with E-state index in [4.69, 9.17) is 10.7 Å². The summed E-state index contributed by atoms with van der Waals surface area (Å²) in [5.41, 5.74) is 9.74. The summed E-state index contributed by atoms with van der Waals surface area (Å²) in [6.45, 7) is 4.30. The van der Waals surface area contributed by atoms with Crippen LogP contribution in [0.1, 0.15) is 25.6 Å². The molecule has 0 aliphatic heterocycles. The molecule has 1 heterocycles. The Morgan fingerprint density at radius 2 is 1.95 bits per heavy atom. The number of benzene rings is 2. The van der Waals surface area contributed by atoms with Gasteiger partial charge in [-0.3, -0.25) is 4.57 Å². The predicted octanol–water partition coefficient (Wildman–Crippen LogP) is 4.49. The Labute approximate surface area is 126 Å². The fraction of sp³-hybridized carbons (Fsp3) is 0.188. The summed E-state index contributed by atoms with van der Waals surface area (Å²) in [4.78, 5) is 4.75. The second-order valence-electron chi connectivity index (χ2n) is 5.19. The summed E-state index contributed by atoms with van der Waals surface area (Å²) >= 11 is 3.53. The van der Waals surface area contributed by atoms with Gasteiger partial charge in [0.1, 0.15) is 5.82 Å². The first-order chi connectivity index (χ1) is 9.56. The molecule has 3 rings (SSSR count). The highest BCUT2D eigenvalue weighted by Gasteiger charge is 2.15. The molecule has 3 nitrogen and oxygen atoms in total. The molecular formula is C16H16BrN3. The van der Waals surface area contributed by atoms with Crippen LogP contribution < -0.4 is 5.73 Å². The Morgan fingerprint density at radius 3 is 2.65 bits per heavy atom. The first-order valence-electron chi connectivity index (χ1n) is 6.60. The van der Waals surface area contributed by atoms with Crippen LogP contribution in [0.3, 0.4) is 0 Å². The van der Waals surface area contributed by atoms with Crippen LogP contribution in [0, 0.1) is 0 Å². The van der Waals surface area contributed by atoms with Crippen LogP contribution in [0.4, 0.5) is 5.69 Å². The van der Waals surface area contributed by atoms with E-state index in [1.807, 2.05) is 30.3 Å². The molecule has 3 aromatic rings. The molecule has 0 radical (unpaired) electrons.